The number of hydrogen-bond acceptors (Lipinski definition) is 4. The van der Waals surface area contributed by atoms with Crippen LogP contribution in [0, 0.1) is 0 Å². The molecule has 3 N–H and O–H groups in total. The molecule has 0 bridgehead atoms. The van der Waals surface area contributed by atoms with Gasteiger partial charge in [-0.3, -0.25) is 10.3 Å². The summed E-state index contributed by atoms with van der Waals surface area (Å²) in [5.41, 5.74) is 9.20. The molecule has 0 aromatic heterocycles. The molecule has 138 valence electrons. The zero-order valence-corrected chi connectivity index (χ0v) is 15.7. The molecule has 0 radical (unpaired) electrons. The van der Waals surface area contributed by atoms with Crippen molar-refractivity contribution in [3.05, 3.63) is 0 Å². The largest absolute Gasteiger partial charge is 0.329 e. The molecule has 0 aliphatic carbocycles. The molecule has 1 heterocycles. The van der Waals surface area contributed by atoms with Crippen LogP contribution in [0.3, 0.4) is 0 Å². The molecule has 0 aromatic rings. The predicted octanol–water partition coefficient (Wildman–Crippen LogP) is 3.38. The van der Waals surface area contributed by atoms with Crippen molar-refractivity contribution < 1.29 is 0 Å². The van der Waals surface area contributed by atoms with E-state index < -0.39 is 0 Å². The Hall–Kier alpha value is -0.160. The first-order valence-electron chi connectivity index (χ1n) is 10.3. The van der Waals surface area contributed by atoms with Crippen molar-refractivity contribution in [2.75, 3.05) is 45.8 Å². The molecule has 4 nitrogen and oxygen atoms in total. The van der Waals surface area contributed by atoms with Crippen molar-refractivity contribution in [3.63, 3.8) is 0 Å². The summed E-state index contributed by atoms with van der Waals surface area (Å²) in [6.45, 7) is 9.85. The second kappa shape index (κ2) is 15.4. The van der Waals surface area contributed by atoms with Crippen LogP contribution in [0.25, 0.3) is 0 Å². The summed E-state index contributed by atoms with van der Waals surface area (Å²) >= 11 is 0. The lowest BCUT2D eigenvalue weighted by Gasteiger charge is -2.34. The molecule has 1 saturated heterocycles. The predicted molar refractivity (Wildman–Crippen MR) is 102 cm³/mol. The molecule has 0 aromatic carbocycles. The fourth-order valence-corrected chi connectivity index (χ4v) is 3.34. The van der Waals surface area contributed by atoms with Gasteiger partial charge in [-0.1, -0.05) is 71.1 Å². The summed E-state index contributed by atoms with van der Waals surface area (Å²) < 4.78 is 0. The maximum Gasteiger partial charge on any atom is 0.0259 e. The topological polar surface area (TPSA) is 44.5 Å². The van der Waals surface area contributed by atoms with Gasteiger partial charge in [0.15, 0.2) is 0 Å². The average Bonchev–Trinajstić information content (AvgIpc) is 2.57. The van der Waals surface area contributed by atoms with Crippen LogP contribution in [0.2, 0.25) is 0 Å². The summed E-state index contributed by atoms with van der Waals surface area (Å²) in [6, 6.07) is 0. The average molecular weight is 327 g/mol. The summed E-state index contributed by atoms with van der Waals surface area (Å²) in [6.07, 6.45) is 15.6. The van der Waals surface area contributed by atoms with Crippen molar-refractivity contribution in [2.24, 2.45) is 5.73 Å². The highest BCUT2D eigenvalue weighted by molar-refractivity contribution is 4.69. The fraction of sp³-hybridized carbons (Fsp3) is 1.00. The Bertz CT molecular complexity index is 240. The van der Waals surface area contributed by atoms with Gasteiger partial charge in [0.05, 0.1) is 0 Å². The Kier molecular flexibility index (Phi) is 14.0. The van der Waals surface area contributed by atoms with Crippen LogP contribution in [-0.2, 0) is 0 Å². The normalized spacial score (nSPS) is 17.0. The van der Waals surface area contributed by atoms with Crippen LogP contribution in [0.4, 0.5) is 0 Å². The van der Waals surface area contributed by atoms with Crippen molar-refractivity contribution in [3.8, 4) is 0 Å². The van der Waals surface area contributed by atoms with Crippen molar-refractivity contribution >= 4 is 0 Å². The first-order chi connectivity index (χ1) is 11.4. The van der Waals surface area contributed by atoms with E-state index in [1.807, 2.05) is 0 Å². The Morgan fingerprint density at radius 3 is 1.78 bits per heavy atom. The van der Waals surface area contributed by atoms with Gasteiger partial charge in [0.25, 0.3) is 0 Å². The number of piperazine rings is 1. The van der Waals surface area contributed by atoms with Gasteiger partial charge < -0.3 is 5.73 Å². The maximum atomic E-state index is 5.61. The highest BCUT2D eigenvalue weighted by Crippen LogP contribution is 2.11. The molecule has 1 rings (SSSR count). The van der Waals surface area contributed by atoms with Gasteiger partial charge in [-0.05, 0) is 6.42 Å². The Morgan fingerprint density at radius 2 is 1.26 bits per heavy atom. The number of nitrogens with two attached hydrogens (primary N) is 1. The van der Waals surface area contributed by atoms with Gasteiger partial charge in [0.1, 0.15) is 0 Å². The van der Waals surface area contributed by atoms with Crippen LogP contribution in [0.1, 0.15) is 77.6 Å². The van der Waals surface area contributed by atoms with Gasteiger partial charge in [-0.15, -0.1) is 0 Å². The summed E-state index contributed by atoms with van der Waals surface area (Å²) in [4.78, 5) is 2.46. The van der Waals surface area contributed by atoms with Crippen LogP contribution in [0.5, 0.6) is 0 Å². The van der Waals surface area contributed by atoms with E-state index >= 15 is 0 Å². The van der Waals surface area contributed by atoms with Gasteiger partial charge in [-0.25, -0.2) is 5.01 Å². The maximum absolute atomic E-state index is 5.61. The molecule has 0 unspecified atom stereocenters. The van der Waals surface area contributed by atoms with Gasteiger partial charge >= 0.3 is 0 Å². The summed E-state index contributed by atoms with van der Waals surface area (Å²) in [5, 5.41) is 2.39. The van der Waals surface area contributed by atoms with E-state index in [4.69, 9.17) is 5.73 Å². The Labute approximate surface area is 145 Å². The Morgan fingerprint density at radius 1 is 0.739 bits per heavy atom. The molecule has 0 atom stereocenters. The molecule has 0 amide bonds. The van der Waals surface area contributed by atoms with E-state index in [-0.39, 0.29) is 0 Å². The van der Waals surface area contributed by atoms with E-state index in [0.717, 1.165) is 45.8 Å². The molecule has 1 aliphatic heterocycles. The summed E-state index contributed by atoms with van der Waals surface area (Å²) in [7, 11) is 0. The quantitative estimate of drug-likeness (QED) is 0.453. The number of rotatable bonds is 15. The molecule has 1 fully saturated rings. The third kappa shape index (κ3) is 11.9. The molecule has 23 heavy (non-hydrogen) atoms. The lowest BCUT2D eigenvalue weighted by Crippen LogP contribution is -2.52. The minimum Gasteiger partial charge on any atom is -0.329 e. The zero-order valence-electron chi connectivity index (χ0n) is 15.7. The first kappa shape index (κ1) is 20.9. The zero-order chi connectivity index (χ0) is 16.6. The van der Waals surface area contributed by atoms with Crippen molar-refractivity contribution in [1.82, 2.24) is 15.3 Å². The SMILES string of the molecule is CCCCCCCCCCCCCNN1CCN(CCN)CC1. The standard InChI is InChI=1S/C19H42N4/c1-2-3-4-5-6-7-8-9-10-11-12-14-21-23-18-16-22(15-13-20)17-19-23/h21H,2-20H2,1H3. The lowest BCUT2D eigenvalue weighted by molar-refractivity contribution is 0.0910. The number of unbranched alkanes of at least 4 members (excludes halogenated alkanes) is 10. The molecular formula is C19H42N4. The lowest BCUT2D eigenvalue weighted by atomic mass is 10.1. The second-order valence-corrected chi connectivity index (χ2v) is 7.06. The first-order valence-corrected chi connectivity index (χ1v) is 10.3. The minimum absolute atomic E-state index is 0.784. The smallest absolute Gasteiger partial charge is 0.0259 e. The second-order valence-electron chi connectivity index (χ2n) is 7.06. The minimum atomic E-state index is 0.784. The molecular weight excluding hydrogens is 284 g/mol. The van der Waals surface area contributed by atoms with Crippen LogP contribution in [0.15, 0.2) is 0 Å². The fourth-order valence-electron chi connectivity index (χ4n) is 3.34. The highest BCUT2D eigenvalue weighted by Gasteiger charge is 2.14. The number of hydrazine groups is 1. The number of nitrogens with one attached hydrogen (secondary N) is 1. The van der Waals surface area contributed by atoms with E-state index in [2.05, 4.69) is 22.3 Å². The van der Waals surface area contributed by atoms with E-state index in [1.54, 1.807) is 0 Å². The van der Waals surface area contributed by atoms with Gasteiger partial charge in [-0.2, -0.15) is 0 Å². The molecule has 1 aliphatic rings. The Balaban J connectivity index is 1.77. The monoisotopic (exact) mass is 326 g/mol. The van der Waals surface area contributed by atoms with Crippen molar-refractivity contribution in [2.45, 2.75) is 77.6 Å². The van der Waals surface area contributed by atoms with Gasteiger partial charge in [0.2, 0.25) is 0 Å². The van der Waals surface area contributed by atoms with Crippen LogP contribution < -0.4 is 11.2 Å². The van der Waals surface area contributed by atoms with E-state index in [9.17, 15) is 0 Å². The van der Waals surface area contributed by atoms with Crippen LogP contribution in [-0.4, -0.2) is 55.7 Å². The highest BCUT2D eigenvalue weighted by atomic mass is 15.5. The third-order valence-electron chi connectivity index (χ3n) is 4.93. The number of hydrogen-bond donors (Lipinski definition) is 2. The summed E-state index contributed by atoms with van der Waals surface area (Å²) in [5.74, 6) is 0. The van der Waals surface area contributed by atoms with Crippen LogP contribution >= 0.6 is 0 Å². The van der Waals surface area contributed by atoms with E-state index in [0.29, 0.717) is 0 Å². The molecule has 0 saturated carbocycles. The number of nitrogens with zero attached hydrogens (tertiary/aromatic N) is 2. The third-order valence-corrected chi connectivity index (χ3v) is 4.93. The van der Waals surface area contributed by atoms with Gasteiger partial charge in [0, 0.05) is 45.8 Å². The van der Waals surface area contributed by atoms with Crippen molar-refractivity contribution in [1.29, 1.82) is 0 Å². The van der Waals surface area contributed by atoms with E-state index in [1.165, 1.54) is 70.6 Å². The molecule has 4 heteroatoms. The molecule has 0 spiro atoms.